The van der Waals surface area contributed by atoms with Gasteiger partial charge in [0.15, 0.2) is 0 Å². The van der Waals surface area contributed by atoms with Gasteiger partial charge in [0.25, 0.3) is 5.91 Å². The minimum Gasteiger partial charge on any atom is -0.351 e. The van der Waals surface area contributed by atoms with Crippen LogP contribution in [-0.2, 0) is 13.6 Å². The predicted molar refractivity (Wildman–Crippen MR) is 96.2 cm³/mol. The Morgan fingerprint density at radius 1 is 1.36 bits per heavy atom. The number of amides is 1. The van der Waals surface area contributed by atoms with Gasteiger partial charge in [0.2, 0.25) is 0 Å². The van der Waals surface area contributed by atoms with Crippen LogP contribution in [0.25, 0.3) is 0 Å². The van der Waals surface area contributed by atoms with E-state index < -0.39 is 0 Å². The van der Waals surface area contributed by atoms with Crippen molar-refractivity contribution in [3.05, 3.63) is 42.0 Å². The van der Waals surface area contributed by atoms with Crippen LogP contribution in [0.4, 0.5) is 0 Å². The molecule has 134 valence electrons. The zero-order valence-electron chi connectivity index (χ0n) is 14.9. The van der Waals surface area contributed by atoms with E-state index >= 15 is 0 Å². The van der Waals surface area contributed by atoms with Crippen molar-refractivity contribution in [3.8, 4) is 0 Å². The molecule has 6 nitrogen and oxygen atoms in total. The van der Waals surface area contributed by atoms with Gasteiger partial charge < -0.3 is 9.88 Å². The molecule has 4 rings (SSSR count). The van der Waals surface area contributed by atoms with E-state index in [-0.39, 0.29) is 5.91 Å². The lowest BCUT2D eigenvalue weighted by atomic mass is 9.85. The van der Waals surface area contributed by atoms with Gasteiger partial charge in [0.1, 0.15) is 5.69 Å². The fourth-order valence-corrected chi connectivity index (χ4v) is 4.00. The second-order valence-electron chi connectivity index (χ2n) is 7.46. The fraction of sp³-hybridized carbons (Fsp3) is 0.579. The zero-order valence-corrected chi connectivity index (χ0v) is 14.9. The van der Waals surface area contributed by atoms with E-state index in [0.29, 0.717) is 18.3 Å². The summed E-state index contributed by atoms with van der Waals surface area (Å²) >= 11 is 0. The standard InChI is InChI=1S/C19H27N5O/c1-22-11-3-6-18(22)19(25)20-9-7-16-13-23(12-15-4-2-5-15)14-17-8-10-21-24(16)17/h3,6,8,10-11,15-16H,2,4-5,7,9,12-14H2,1H3,(H,20,25)/t16-/m1/s1. The monoisotopic (exact) mass is 341 g/mol. The molecule has 1 saturated carbocycles. The van der Waals surface area contributed by atoms with Crippen LogP contribution in [0.5, 0.6) is 0 Å². The summed E-state index contributed by atoms with van der Waals surface area (Å²) in [6, 6.07) is 6.21. The number of nitrogens with one attached hydrogen (secondary N) is 1. The molecule has 1 atom stereocenters. The van der Waals surface area contributed by atoms with Crippen LogP contribution < -0.4 is 5.32 Å². The Morgan fingerprint density at radius 2 is 2.24 bits per heavy atom. The van der Waals surface area contributed by atoms with Crippen LogP contribution in [0.15, 0.2) is 30.6 Å². The molecule has 1 N–H and O–H groups in total. The van der Waals surface area contributed by atoms with Gasteiger partial charge in [-0.2, -0.15) is 5.10 Å². The Kier molecular flexibility index (Phi) is 4.61. The summed E-state index contributed by atoms with van der Waals surface area (Å²) in [6.45, 7) is 3.91. The molecule has 0 saturated heterocycles. The molecule has 2 aliphatic rings. The molecular formula is C19H27N5O. The minimum absolute atomic E-state index is 0.00433. The topological polar surface area (TPSA) is 55.1 Å². The van der Waals surface area contributed by atoms with E-state index in [1.165, 1.54) is 31.5 Å². The smallest absolute Gasteiger partial charge is 0.267 e. The fourth-order valence-electron chi connectivity index (χ4n) is 4.00. The van der Waals surface area contributed by atoms with E-state index in [2.05, 4.69) is 26.1 Å². The molecule has 1 aliphatic heterocycles. The molecule has 1 amide bonds. The summed E-state index contributed by atoms with van der Waals surface area (Å²) in [5, 5.41) is 7.58. The first-order valence-electron chi connectivity index (χ1n) is 9.35. The molecule has 2 aromatic rings. The largest absolute Gasteiger partial charge is 0.351 e. The number of aryl methyl sites for hydroxylation is 1. The minimum atomic E-state index is -0.00433. The maximum atomic E-state index is 12.3. The number of nitrogens with zero attached hydrogens (tertiary/aromatic N) is 4. The Morgan fingerprint density at radius 3 is 2.96 bits per heavy atom. The van der Waals surface area contributed by atoms with Crippen LogP contribution >= 0.6 is 0 Å². The molecule has 2 aromatic heterocycles. The number of hydrogen-bond donors (Lipinski definition) is 1. The van der Waals surface area contributed by atoms with Crippen molar-refractivity contribution in [1.29, 1.82) is 0 Å². The van der Waals surface area contributed by atoms with E-state index in [1.54, 1.807) is 0 Å². The van der Waals surface area contributed by atoms with E-state index in [0.717, 1.165) is 25.4 Å². The second-order valence-corrected chi connectivity index (χ2v) is 7.46. The summed E-state index contributed by atoms with van der Waals surface area (Å²) in [6.07, 6.45) is 8.86. The van der Waals surface area contributed by atoms with Crippen LogP contribution in [0.1, 0.15) is 47.9 Å². The Hall–Kier alpha value is -2.08. The summed E-state index contributed by atoms with van der Waals surface area (Å²) in [5.74, 6) is 0.877. The third kappa shape index (κ3) is 3.49. The van der Waals surface area contributed by atoms with Gasteiger partial charge in [-0.05, 0) is 43.4 Å². The summed E-state index contributed by atoms with van der Waals surface area (Å²) in [5.41, 5.74) is 2.00. The number of carbonyl (C=O) groups is 1. The number of carbonyl (C=O) groups excluding carboxylic acids is 1. The van der Waals surface area contributed by atoms with E-state index in [1.807, 2.05) is 36.1 Å². The van der Waals surface area contributed by atoms with Crippen molar-refractivity contribution >= 4 is 5.91 Å². The van der Waals surface area contributed by atoms with Gasteiger partial charge in [-0.15, -0.1) is 0 Å². The van der Waals surface area contributed by atoms with Crippen molar-refractivity contribution in [2.45, 2.75) is 38.3 Å². The lowest BCUT2D eigenvalue weighted by Gasteiger charge is -2.38. The SMILES string of the molecule is Cn1cccc1C(=O)NCC[C@@H]1CN(CC2CCC2)Cc2ccnn21. The highest BCUT2D eigenvalue weighted by molar-refractivity contribution is 5.92. The normalized spacial score (nSPS) is 20.9. The van der Waals surface area contributed by atoms with Crippen LogP contribution in [0, 0.1) is 5.92 Å². The lowest BCUT2D eigenvalue weighted by Crippen LogP contribution is -2.42. The van der Waals surface area contributed by atoms with Crippen molar-refractivity contribution in [2.24, 2.45) is 13.0 Å². The predicted octanol–water partition coefficient (Wildman–Crippen LogP) is 2.20. The number of aromatic nitrogens is 3. The highest BCUT2D eigenvalue weighted by atomic mass is 16.1. The highest BCUT2D eigenvalue weighted by Crippen LogP contribution is 2.30. The summed E-state index contributed by atoms with van der Waals surface area (Å²) in [7, 11) is 1.89. The molecule has 25 heavy (non-hydrogen) atoms. The molecule has 6 heteroatoms. The third-order valence-electron chi connectivity index (χ3n) is 5.63. The first-order valence-corrected chi connectivity index (χ1v) is 9.35. The van der Waals surface area contributed by atoms with Gasteiger partial charge in [0, 0.05) is 45.6 Å². The Balaban J connectivity index is 1.34. The number of hydrogen-bond acceptors (Lipinski definition) is 3. The molecule has 3 heterocycles. The van der Waals surface area contributed by atoms with Crippen LogP contribution in [-0.4, -0.2) is 44.8 Å². The molecule has 0 spiro atoms. The third-order valence-corrected chi connectivity index (χ3v) is 5.63. The molecule has 0 unspecified atom stereocenters. The summed E-state index contributed by atoms with van der Waals surface area (Å²) in [4.78, 5) is 14.8. The molecule has 0 aromatic carbocycles. The van der Waals surface area contributed by atoms with Gasteiger partial charge >= 0.3 is 0 Å². The average molecular weight is 341 g/mol. The van der Waals surface area contributed by atoms with Gasteiger partial charge in [-0.25, -0.2) is 0 Å². The van der Waals surface area contributed by atoms with Gasteiger partial charge in [0.05, 0.1) is 11.7 Å². The number of rotatable bonds is 6. The van der Waals surface area contributed by atoms with Crippen molar-refractivity contribution in [1.82, 2.24) is 24.6 Å². The molecule has 1 aliphatic carbocycles. The average Bonchev–Trinajstić information content (AvgIpc) is 3.19. The van der Waals surface area contributed by atoms with Crippen molar-refractivity contribution in [2.75, 3.05) is 19.6 Å². The van der Waals surface area contributed by atoms with E-state index in [9.17, 15) is 4.79 Å². The van der Waals surface area contributed by atoms with E-state index in [4.69, 9.17) is 0 Å². The van der Waals surface area contributed by atoms with Crippen LogP contribution in [0.3, 0.4) is 0 Å². The quantitative estimate of drug-likeness (QED) is 0.876. The zero-order chi connectivity index (χ0) is 17.2. The van der Waals surface area contributed by atoms with Crippen molar-refractivity contribution in [3.63, 3.8) is 0 Å². The first-order chi connectivity index (χ1) is 12.2. The van der Waals surface area contributed by atoms with Gasteiger partial charge in [-0.1, -0.05) is 6.42 Å². The highest BCUT2D eigenvalue weighted by Gasteiger charge is 2.28. The molecule has 0 radical (unpaired) electrons. The van der Waals surface area contributed by atoms with Crippen LogP contribution in [0.2, 0.25) is 0 Å². The molecule has 1 fully saturated rings. The summed E-state index contributed by atoms with van der Waals surface area (Å²) < 4.78 is 4.01. The molecule has 0 bridgehead atoms. The number of fused-ring (bicyclic) bond motifs is 1. The van der Waals surface area contributed by atoms with Gasteiger partial charge in [-0.3, -0.25) is 14.4 Å². The maximum Gasteiger partial charge on any atom is 0.267 e. The second kappa shape index (κ2) is 7.04. The Labute approximate surface area is 148 Å². The van der Waals surface area contributed by atoms with Crippen molar-refractivity contribution < 1.29 is 4.79 Å². The lowest BCUT2D eigenvalue weighted by molar-refractivity contribution is 0.0934. The first kappa shape index (κ1) is 16.4. The Bertz CT molecular complexity index is 730. The molecular weight excluding hydrogens is 314 g/mol. The maximum absolute atomic E-state index is 12.3.